The first kappa shape index (κ1) is 39.0. The molecular formula is C33H43ClN2O11. The number of esters is 3. The lowest BCUT2D eigenvalue weighted by atomic mass is 9.98. The number of methoxy groups -OCH3 is 1. The van der Waals surface area contributed by atoms with E-state index in [1.807, 2.05) is 11.8 Å². The van der Waals surface area contributed by atoms with Gasteiger partial charge in [0.15, 0.2) is 11.5 Å². The van der Waals surface area contributed by atoms with Crippen molar-refractivity contribution >= 4 is 36.4 Å². The lowest BCUT2D eigenvalue weighted by Crippen LogP contribution is -2.40. The number of halogens is 1. The first-order valence-corrected chi connectivity index (χ1v) is 15.4. The van der Waals surface area contributed by atoms with Crippen LogP contribution in [0.1, 0.15) is 73.0 Å². The molecule has 1 saturated heterocycles. The predicted octanol–water partition coefficient (Wildman–Crippen LogP) is 5.38. The summed E-state index contributed by atoms with van der Waals surface area (Å²) in [5, 5.41) is 9.29. The van der Waals surface area contributed by atoms with Gasteiger partial charge in [-0.15, -0.1) is 22.5 Å². The number of rotatable bonds is 19. The lowest BCUT2D eigenvalue weighted by molar-refractivity contribution is -0.757. The van der Waals surface area contributed by atoms with Crippen LogP contribution in [0.4, 0.5) is 0 Å². The predicted molar refractivity (Wildman–Crippen MR) is 174 cm³/mol. The van der Waals surface area contributed by atoms with E-state index in [1.165, 1.54) is 13.2 Å². The summed E-state index contributed by atoms with van der Waals surface area (Å²) in [5.74, 6) is -1.08. The van der Waals surface area contributed by atoms with Crippen LogP contribution in [-0.2, 0) is 28.6 Å². The Kier molecular flexibility index (Phi) is 17.9. The van der Waals surface area contributed by atoms with Crippen molar-refractivity contribution < 1.29 is 48.0 Å². The van der Waals surface area contributed by atoms with Crippen molar-refractivity contribution in [2.45, 2.75) is 51.6 Å². The zero-order chi connectivity index (χ0) is 33.1. The number of benzene rings is 2. The highest BCUT2D eigenvalue weighted by molar-refractivity contribution is 5.93. The molecular weight excluding hydrogens is 636 g/mol. The van der Waals surface area contributed by atoms with Crippen molar-refractivity contribution in [1.29, 1.82) is 0 Å². The smallest absolute Gasteiger partial charge is 0.344 e. The highest BCUT2D eigenvalue weighted by atomic mass is 35.5. The molecule has 0 spiro atoms. The van der Waals surface area contributed by atoms with Gasteiger partial charge in [-0.1, -0.05) is 37.6 Å². The Morgan fingerprint density at radius 1 is 1.02 bits per heavy atom. The van der Waals surface area contributed by atoms with Crippen molar-refractivity contribution in [3.8, 4) is 11.5 Å². The van der Waals surface area contributed by atoms with Crippen LogP contribution < -0.4 is 9.47 Å². The maximum Gasteiger partial charge on any atom is 0.344 e. The van der Waals surface area contributed by atoms with E-state index in [1.54, 1.807) is 48.5 Å². The van der Waals surface area contributed by atoms with Gasteiger partial charge in [0.25, 0.3) is 5.09 Å². The summed E-state index contributed by atoms with van der Waals surface area (Å²) in [6, 6.07) is 11.8. The Labute approximate surface area is 280 Å². The minimum absolute atomic E-state index is 0. The summed E-state index contributed by atoms with van der Waals surface area (Å²) in [7, 11) is 1.44. The molecule has 0 saturated carbocycles. The van der Waals surface area contributed by atoms with E-state index in [4.69, 9.17) is 23.7 Å². The van der Waals surface area contributed by atoms with E-state index in [9.17, 15) is 24.5 Å². The lowest BCUT2D eigenvalue weighted by Gasteiger charge is -2.27. The fraction of sp³-hybridized carbons (Fsp3) is 0.485. The van der Waals surface area contributed by atoms with Gasteiger partial charge in [0.05, 0.1) is 45.6 Å². The number of unbranched alkanes of at least 4 members (excludes halogenated alkanes) is 3. The second kappa shape index (κ2) is 21.6. The van der Waals surface area contributed by atoms with Gasteiger partial charge >= 0.3 is 17.9 Å². The molecule has 0 bridgehead atoms. The molecule has 2 aromatic carbocycles. The van der Waals surface area contributed by atoms with Crippen molar-refractivity contribution in [3.05, 3.63) is 75.3 Å². The number of morpholine rings is 1. The van der Waals surface area contributed by atoms with Crippen molar-refractivity contribution in [1.82, 2.24) is 4.90 Å². The van der Waals surface area contributed by atoms with Crippen molar-refractivity contribution in [3.63, 3.8) is 0 Å². The Balaban J connectivity index is 0.00000768. The topological polar surface area (TPSA) is 153 Å². The molecule has 14 heteroatoms. The van der Waals surface area contributed by atoms with Gasteiger partial charge in [0, 0.05) is 24.7 Å². The third-order valence-corrected chi connectivity index (χ3v) is 7.11. The van der Waals surface area contributed by atoms with Gasteiger partial charge in [-0.05, 0) is 61.9 Å². The minimum atomic E-state index is -0.838. The number of carbonyl (C=O) groups is 3. The number of hydrogen-bond acceptors (Lipinski definition) is 12. The van der Waals surface area contributed by atoms with Crippen LogP contribution >= 0.6 is 12.4 Å². The largest absolute Gasteiger partial charge is 0.493 e. The fourth-order valence-electron chi connectivity index (χ4n) is 4.70. The van der Waals surface area contributed by atoms with Crippen molar-refractivity contribution in [2.24, 2.45) is 0 Å². The first-order chi connectivity index (χ1) is 22.3. The van der Waals surface area contributed by atoms with E-state index in [2.05, 4.69) is 4.84 Å². The van der Waals surface area contributed by atoms with E-state index in [-0.39, 0.29) is 55.2 Å². The van der Waals surface area contributed by atoms with Gasteiger partial charge < -0.3 is 28.5 Å². The highest BCUT2D eigenvalue weighted by Crippen LogP contribution is 2.32. The van der Waals surface area contributed by atoms with E-state index >= 15 is 0 Å². The van der Waals surface area contributed by atoms with Crippen LogP contribution in [-0.4, -0.2) is 81.1 Å². The summed E-state index contributed by atoms with van der Waals surface area (Å²) in [4.78, 5) is 54.7. The van der Waals surface area contributed by atoms with Crippen LogP contribution in [0.15, 0.2) is 48.5 Å². The Morgan fingerprint density at radius 3 is 2.49 bits per heavy atom. The third-order valence-electron chi connectivity index (χ3n) is 7.11. The van der Waals surface area contributed by atoms with Crippen LogP contribution in [0.2, 0.25) is 0 Å². The number of ether oxygens (including phenoxy) is 5. The van der Waals surface area contributed by atoms with Crippen LogP contribution in [0.25, 0.3) is 6.08 Å². The zero-order valence-corrected chi connectivity index (χ0v) is 27.6. The molecule has 258 valence electrons. The Hall–Kier alpha value is -4.20. The molecule has 0 radical (unpaired) electrons. The van der Waals surface area contributed by atoms with Gasteiger partial charge in [-0.3, -0.25) is 9.69 Å². The molecule has 1 aliphatic rings. The maximum absolute atomic E-state index is 13.4. The summed E-state index contributed by atoms with van der Waals surface area (Å²) in [6.45, 7) is 4.84. The average Bonchev–Trinajstić information content (AvgIpc) is 3.06. The summed E-state index contributed by atoms with van der Waals surface area (Å²) < 4.78 is 27.6. The standard InChI is InChI=1S/C33H42N2O11.ClH/c1-3-4-12-28(45-32(37)24-34-17-21-42-22-18-34)26-10-6-7-11-27(26)33(38)46-29-15-13-25(23-30(29)41-2)14-16-31(36)43-19-8-5-9-20-44-35(39)40;/h6-7,10-11,13-16,23,28H,3-5,8-9,12,17-22,24H2,1-2H3;1H/b16-14+;. The Morgan fingerprint density at radius 2 is 1.77 bits per heavy atom. The van der Waals surface area contributed by atoms with Gasteiger partial charge in [-0.2, -0.15) is 0 Å². The second-order valence-corrected chi connectivity index (χ2v) is 10.5. The Bertz CT molecular complexity index is 1330. The highest BCUT2D eigenvalue weighted by Gasteiger charge is 2.25. The minimum Gasteiger partial charge on any atom is -0.493 e. The van der Waals surface area contributed by atoms with Gasteiger partial charge in [-0.25, -0.2) is 9.59 Å². The molecule has 1 unspecified atom stereocenters. The molecule has 47 heavy (non-hydrogen) atoms. The molecule has 0 aliphatic carbocycles. The van der Waals surface area contributed by atoms with Crippen LogP contribution in [0, 0.1) is 10.1 Å². The fourth-order valence-corrected chi connectivity index (χ4v) is 4.70. The molecule has 0 N–H and O–H groups in total. The molecule has 1 fully saturated rings. The summed E-state index contributed by atoms with van der Waals surface area (Å²) >= 11 is 0. The number of nitrogens with zero attached hydrogens (tertiary/aromatic N) is 2. The number of carbonyl (C=O) groups excluding carboxylic acids is 3. The monoisotopic (exact) mass is 678 g/mol. The molecule has 3 rings (SSSR count). The third kappa shape index (κ3) is 14.0. The van der Waals surface area contributed by atoms with Gasteiger partial charge in [0.2, 0.25) is 0 Å². The molecule has 13 nitrogen and oxygen atoms in total. The quantitative estimate of drug-likeness (QED) is 0.0468. The van der Waals surface area contributed by atoms with E-state index in [0.29, 0.717) is 63.1 Å². The van der Waals surface area contributed by atoms with Gasteiger partial charge in [0.1, 0.15) is 6.10 Å². The van der Waals surface area contributed by atoms with Crippen LogP contribution in [0.5, 0.6) is 11.5 Å². The summed E-state index contributed by atoms with van der Waals surface area (Å²) in [6.07, 6.45) is 6.10. The first-order valence-electron chi connectivity index (χ1n) is 15.4. The summed E-state index contributed by atoms with van der Waals surface area (Å²) in [5.41, 5.74) is 1.46. The van der Waals surface area contributed by atoms with E-state index < -0.39 is 23.1 Å². The molecule has 1 heterocycles. The zero-order valence-electron chi connectivity index (χ0n) is 26.8. The average molecular weight is 679 g/mol. The molecule has 1 aliphatic heterocycles. The number of hydrogen-bond donors (Lipinski definition) is 0. The van der Waals surface area contributed by atoms with Crippen LogP contribution in [0.3, 0.4) is 0 Å². The molecule has 2 aromatic rings. The normalized spacial score (nSPS) is 13.7. The SMILES string of the molecule is CCCCC(OC(=O)CN1CCOCC1)c1ccccc1C(=O)Oc1ccc(/C=C/C(=O)OCCCCCO[N+](=O)[O-])cc1OC.Cl. The maximum atomic E-state index is 13.4. The molecule has 0 amide bonds. The van der Waals surface area contributed by atoms with Crippen molar-refractivity contribution in [2.75, 3.05) is 53.2 Å². The molecule has 0 aromatic heterocycles. The second-order valence-electron chi connectivity index (χ2n) is 10.5. The van der Waals surface area contributed by atoms with E-state index in [0.717, 1.165) is 12.8 Å². The molecule has 1 atom stereocenters.